The average molecular weight is 353 g/mol. The fraction of sp³-hybridized carbons (Fsp3) is 0.0833. The number of ether oxygens (including phenoxy) is 1. The quantitative estimate of drug-likeness (QED) is 0.572. The van der Waals surface area contributed by atoms with Gasteiger partial charge in [0.2, 0.25) is 5.88 Å². The summed E-state index contributed by atoms with van der Waals surface area (Å²) < 4.78 is 11.4. The van der Waals surface area contributed by atoms with E-state index in [0.29, 0.717) is 37.5 Å². The highest BCUT2D eigenvalue weighted by molar-refractivity contribution is 9.10. The number of methoxy groups -OCH3 is 1. The maximum absolute atomic E-state index is 5.71. The maximum Gasteiger partial charge on any atom is 0.264 e. The molecule has 0 saturated heterocycles. The first-order chi connectivity index (χ1) is 9.65. The minimum Gasteiger partial charge on any atom is -0.480 e. The van der Waals surface area contributed by atoms with Crippen molar-refractivity contribution in [2.75, 3.05) is 12.8 Å². The van der Waals surface area contributed by atoms with E-state index in [4.69, 9.17) is 14.9 Å². The standard InChI is InChI=1S/C12H9BrN4O2S/c1-18-10-7(13)5-15-11(17-10)20-12-16-8-4-6(14)2-3-9(8)19-12/h2-5H,14H2,1H3. The molecule has 0 aliphatic rings. The lowest BCUT2D eigenvalue weighted by molar-refractivity contribution is 0.389. The fourth-order valence-corrected chi connectivity index (χ4v) is 2.59. The summed E-state index contributed by atoms with van der Waals surface area (Å²) in [6, 6.07) is 5.30. The molecule has 0 aliphatic heterocycles. The Hall–Kier alpha value is -1.80. The number of aromatic nitrogens is 3. The number of nitrogen functional groups attached to an aromatic ring is 1. The lowest BCUT2D eigenvalue weighted by Gasteiger charge is -2.02. The molecule has 2 heterocycles. The van der Waals surface area contributed by atoms with E-state index in [1.165, 1.54) is 11.8 Å². The van der Waals surface area contributed by atoms with Crippen LogP contribution in [0.5, 0.6) is 5.88 Å². The molecule has 102 valence electrons. The predicted octanol–water partition coefficient (Wildman–Crippen LogP) is 3.12. The SMILES string of the molecule is COc1nc(Sc2nc3cc(N)ccc3o2)ncc1Br. The molecule has 0 bridgehead atoms. The molecule has 2 aromatic heterocycles. The van der Waals surface area contributed by atoms with Crippen LogP contribution in [0.2, 0.25) is 0 Å². The zero-order valence-corrected chi connectivity index (χ0v) is 12.7. The van der Waals surface area contributed by atoms with E-state index in [2.05, 4.69) is 30.9 Å². The number of rotatable bonds is 3. The number of hydrogen-bond donors (Lipinski definition) is 1. The van der Waals surface area contributed by atoms with Crippen LogP contribution < -0.4 is 10.5 Å². The van der Waals surface area contributed by atoms with Crippen molar-refractivity contribution in [3.8, 4) is 5.88 Å². The molecule has 1 aromatic carbocycles. The van der Waals surface area contributed by atoms with Crippen LogP contribution in [0.1, 0.15) is 0 Å². The van der Waals surface area contributed by atoms with Crippen LogP contribution in [-0.4, -0.2) is 22.1 Å². The molecule has 0 fully saturated rings. The van der Waals surface area contributed by atoms with Gasteiger partial charge >= 0.3 is 0 Å². The van der Waals surface area contributed by atoms with Crippen molar-refractivity contribution in [1.29, 1.82) is 0 Å². The molecule has 8 heteroatoms. The highest BCUT2D eigenvalue weighted by Crippen LogP contribution is 2.30. The summed E-state index contributed by atoms with van der Waals surface area (Å²) in [5, 5.41) is 0.944. The normalized spacial score (nSPS) is 10.9. The third-order valence-electron chi connectivity index (χ3n) is 2.45. The highest BCUT2D eigenvalue weighted by Gasteiger charge is 2.12. The van der Waals surface area contributed by atoms with Crippen molar-refractivity contribution in [2.24, 2.45) is 0 Å². The largest absolute Gasteiger partial charge is 0.480 e. The van der Waals surface area contributed by atoms with Crippen LogP contribution in [0.25, 0.3) is 11.1 Å². The molecular formula is C12H9BrN4O2S. The van der Waals surface area contributed by atoms with Crippen LogP contribution in [0.4, 0.5) is 5.69 Å². The number of nitrogens with two attached hydrogens (primary N) is 1. The van der Waals surface area contributed by atoms with Gasteiger partial charge in [0.1, 0.15) is 5.52 Å². The maximum atomic E-state index is 5.71. The Kier molecular flexibility index (Phi) is 3.49. The summed E-state index contributed by atoms with van der Waals surface area (Å²) in [4.78, 5) is 12.7. The van der Waals surface area contributed by atoms with Gasteiger partial charge in [0.15, 0.2) is 10.7 Å². The molecule has 0 spiro atoms. The van der Waals surface area contributed by atoms with Crippen LogP contribution in [0.15, 0.2) is 43.7 Å². The van der Waals surface area contributed by atoms with Crippen LogP contribution in [-0.2, 0) is 0 Å². The molecule has 6 nitrogen and oxygen atoms in total. The van der Waals surface area contributed by atoms with Gasteiger partial charge in [-0.15, -0.1) is 0 Å². The fourth-order valence-electron chi connectivity index (χ4n) is 1.57. The van der Waals surface area contributed by atoms with Crippen molar-refractivity contribution in [1.82, 2.24) is 15.0 Å². The van der Waals surface area contributed by atoms with Crippen LogP contribution >= 0.6 is 27.7 Å². The summed E-state index contributed by atoms with van der Waals surface area (Å²) in [5.41, 5.74) is 7.73. The van der Waals surface area contributed by atoms with Gasteiger partial charge in [-0.1, -0.05) is 0 Å². The van der Waals surface area contributed by atoms with E-state index in [1.807, 2.05) is 0 Å². The molecular weight excluding hydrogens is 344 g/mol. The summed E-state index contributed by atoms with van der Waals surface area (Å²) in [7, 11) is 1.55. The number of anilines is 1. The van der Waals surface area contributed by atoms with E-state index >= 15 is 0 Å². The van der Waals surface area contributed by atoms with E-state index in [0.717, 1.165) is 0 Å². The molecule has 0 amide bonds. The first kappa shape index (κ1) is 13.2. The van der Waals surface area contributed by atoms with E-state index in [1.54, 1.807) is 31.5 Å². The molecule has 3 rings (SSSR count). The first-order valence-corrected chi connectivity index (χ1v) is 7.17. The van der Waals surface area contributed by atoms with E-state index in [-0.39, 0.29) is 0 Å². The van der Waals surface area contributed by atoms with Gasteiger partial charge in [-0.3, -0.25) is 0 Å². The van der Waals surface area contributed by atoms with Gasteiger partial charge < -0.3 is 14.9 Å². The zero-order valence-electron chi connectivity index (χ0n) is 10.3. The second-order valence-corrected chi connectivity index (χ2v) is 5.59. The van der Waals surface area contributed by atoms with Crippen molar-refractivity contribution < 1.29 is 9.15 Å². The number of fused-ring (bicyclic) bond motifs is 1. The Balaban J connectivity index is 1.92. The smallest absolute Gasteiger partial charge is 0.264 e. The number of nitrogens with zero attached hydrogens (tertiary/aromatic N) is 3. The van der Waals surface area contributed by atoms with Crippen molar-refractivity contribution >= 4 is 44.5 Å². The monoisotopic (exact) mass is 352 g/mol. The molecule has 0 saturated carbocycles. The minimum absolute atomic E-state index is 0.454. The van der Waals surface area contributed by atoms with Gasteiger partial charge in [-0.05, 0) is 34.1 Å². The van der Waals surface area contributed by atoms with Gasteiger partial charge in [0.25, 0.3) is 5.22 Å². The summed E-state index contributed by atoms with van der Waals surface area (Å²) in [6.07, 6.45) is 1.62. The highest BCUT2D eigenvalue weighted by atomic mass is 79.9. The van der Waals surface area contributed by atoms with Crippen LogP contribution in [0, 0.1) is 0 Å². The van der Waals surface area contributed by atoms with Gasteiger partial charge in [0.05, 0.1) is 11.6 Å². The number of oxazole rings is 1. The van der Waals surface area contributed by atoms with E-state index < -0.39 is 0 Å². The molecule has 20 heavy (non-hydrogen) atoms. The molecule has 0 aliphatic carbocycles. The molecule has 0 atom stereocenters. The molecule has 2 N–H and O–H groups in total. The lowest BCUT2D eigenvalue weighted by Crippen LogP contribution is -1.93. The Morgan fingerprint density at radius 1 is 1.35 bits per heavy atom. The third kappa shape index (κ3) is 2.56. The van der Waals surface area contributed by atoms with Gasteiger partial charge in [-0.2, -0.15) is 4.98 Å². The van der Waals surface area contributed by atoms with Crippen molar-refractivity contribution in [3.05, 3.63) is 28.9 Å². The zero-order chi connectivity index (χ0) is 14.1. The Morgan fingerprint density at radius 2 is 2.20 bits per heavy atom. The Bertz CT molecular complexity index is 777. The number of benzene rings is 1. The summed E-state index contributed by atoms with van der Waals surface area (Å²) >= 11 is 4.52. The van der Waals surface area contributed by atoms with Crippen LogP contribution in [0.3, 0.4) is 0 Å². The van der Waals surface area contributed by atoms with Gasteiger partial charge in [-0.25, -0.2) is 9.97 Å². The Labute approximate surface area is 126 Å². The average Bonchev–Trinajstić information content (AvgIpc) is 2.82. The van der Waals surface area contributed by atoms with Crippen molar-refractivity contribution in [2.45, 2.75) is 10.4 Å². The Morgan fingerprint density at radius 3 is 3.00 bits per heavy atom. The van der Waals surface area contributed by atoms with Gasteiger partial charge in [0, 0.05) is 23.6 Å². The number of hydrogen-bond acceptors (Lipinski definition) is 7. The van der Waals surface area contributed by atoms with E-state index in [9.17, 15) is 0 Å². The second-order valence-electron chi connectivity index (χ2n) is 3.82. The lowest BCUT2D eigenvalue weighted by atomic mass is 10.3. The molecule has 0 unspecified atom stereocenters. The summed E-state index contributed by atoms with van der Waals surface area (Å²) in [5.74, 6) is 0.461. The molecule has 0 radical (unpaired) electrons. The molecule has 3 aromatic rings. The second kappa shape index (κ2) is 5.29. The minimum atomic E-state index is 0.454. The summed E-state index contributed by atoms with van der Waals surface area (Å²) in [6.45, 7) is 0. The van der Waals surface area contributed by atoms with Crippen molar-refractivity contribution in [3.63, 3.8) is 0 Å². The third-order valence-corrected chi connectivity index (χ3v) is 3.73. The topological polar surface area (TPSA) is 87.1 Å². The first-order valence-electron chi connectivity index (χ1n) is 5.56. The number of halogens is 1. The predicted molar refractivity (Wildman–Crippen MR) is 78.8 cm³/mol.